The van der Waals surface area contributed by atoms with Crippen LogP contribution in [0, 0.1) is 6.92 Å². The summed E-state index contributed by atoms with van der Waals surface area (Å²) in [6.45, 7) is 1.99. The van der Waals surface area contributed by atoms with Crippen molar-refractivity contribution in [1.82, 2.24) is 9.78 Å². The van der Waals surface area contributed by atoms with Crippen LogP contribution in [0.4, 0.5) is 5.82 Å². The fraction of sp³-hybridized carbons (Fsp3) is 0.100. The van der Waals surface area contributed by atoms with Crippen molar-refractivity contribution in [3.8, 4) is 5.69 Å². The smallest absolute Gasteiger partial charge is 0.145 e. The summed E-state index contributed by atoms with van der Waals surface area (Å²) in [5.41, 5.74) is 7.60. The number of hydrogen-bond acceptors (Lipinski definition) is 2. The standard InChI is InChI=1S/C10H10ClN3/c1-7-6-8(11)2-3-9(7)14-5-4-10(12)13-14/h2-6H,1H3,(H2,12,13). The van der Waals surface area contributed by atoms with E-state index in [1.807, 2.05) is 31.3 Å². The fourth-order valence-corrected chi connectivity index (χ4v) is 1.57. The molecule has 2 N–H and O–H groups in total. The van der Waals surface area contributed by atoms with E-state index in [1.165, 1.54) is 0 Å². The van der Waals surface area contributed by atoms with E-state index in [4.69, 9.17) is 17.3 Å². The average Bonchev–Trinajstić information content (AvgIpc) is 2.51. The SMILES string of the molecule is Cc1cc(Cl)ccc1-n1ccc(N)n1. The lowest BCUT2D eigenvalue weighted by Crippen LogP contribution is -1.98. The number of hydrogen-bond donors (Lipinski definition) is 1. The molecular formula is C10H10ClN3. The van der Waals surface area contributed by atoms with Crippen molar-refractivity contribution < 1.29 is 0 Å². The minimum Gasteiger partial charge on any atom is -0.382 e. The van der Waals surface area contributed by atoms with Gasteiger partial charge in [-0.1, -0.05) is 11.6 Å². The first-order chi connectivity index (χ1) is 6.66. The number of halogens is 1. The molecule has 0 aliphatic heterocycles. The number of aromatic nitrogens is 2. The highest BCUT2D eigenvalue weighted by Crippen LogP contribution is 2.18. The van der Waals surface area contributed by atoms with Crippen LogP contribution in [0.2, 0.25) is 5.02 Å². The molecule has 0 bridgehead atoms. The molecular weight excluding hydrogens is 198 g/mol. The molecule has 2 aromatic rings. The van der Waals surface area contributed by atoms with Gasteiger partial charge in [0.25, 0.3) is 0 Å². The van der Waals surface area contributed by atoms with Crippen LogP contribution in [0.25, 0.3) is 5.69 Å². The molecule has 0 radical (unpaired) electrons. The number of rotatable bonds is 1. The Kier molecular flexibility index (Phi) is 2.17. The fourth-order valence-electron chi connectivity index (χ4n) is 1.35. The molecule has 72 valence electrons. The number of aryl methyl sites for hydroxylation is 1. The first-order valence-corrected chi connectivity index (χ1v) is 4.62. The lowest BCUT2D eigenvalue weighted by Gasteiger charge is -2.05. The van der Waals surface area contributed by atoms with Crippen LogP contribution >= 0.6 is 11.6 Å². The second-order valence-corrected chi connectivity index (χ2v) is 3.55. The molecule has 1 heterocycles. The maximum absolute atomic E-state index is 5.86. The second-order valence-electron chi connectivity index (χ2n) is 3.12. The summed E-state index contributed by atoms with van der Waals surface area (Å²) >= 11 is 5.86. The predicted molar refractivity (Wildman–Crippen MR) is 57.7 cm³/mol. The van der Waals surface area contributed by atoms with E-state index in [1.54, 1.807) is 10.7 Å². The van der Waals surface area contributed by atoms with Crippen molar-refractivity contribution in [2.24, 2.45) is 0 Å². The number of benzene rings is 1. The van der Waals surface area contributed by atoms with Crippen LogP contribution in [0.1, 0.15) is 5.56 Å². The molecule has 1 aromatic heterocycles. The summed E-state index contributed by atoms with van der Waals surface area (Å²) < 4.78 is 1.74. The quantitative estimate of drug-likeness (QED) is 0.781. The van der Waals surface area contributed by atoms with Gasteiger partial charge in [0.1, 0.15) is 5.82 Å². The second kappa shape index (κ2) is 3.35. The number of nitrogen functional groups attached to an aromatic ring is 1. The van der Waals surface area contributed by atoms with E-state index in [9.17, 15) is 0 Å². The Morgan fingerprint density at radius 1 is 1.36 bits per heavy atom. The third-order valence-corrected chi connectivity index (χ3v) is 2.25. The molecule has 0 unspecified atom stereocenters. The van der Waals surface area contributed by atoms with Crippen molar-refractivity contribution in [2.75, 3.05) is 5.73 Å². The van der Waals surface area contributed by atoms with Gasteiger partial charge in [-0.25, -0.2) is 4.68 Å². The minimum atomic E-state index is 0.513. The molecule has 0 amide bonds. The van der Waals surface area contributed by atoms with Gasteiger partial charge in [-0.15, -0.1) is 0 Å². The summed E-state index contributed by atoms with van der Waals surface area (Å²) in [7, 11) is 0. The van der Waals surface area contributed by atoms with Gasteiger partial charge in [-0.3, -0.25) is 0 Å². The van der Waals surface area contributed by atoms with Crippen molar-refractivity contribution in [1.29, 1.82) is 0 Å². The zero-order valence-electron chi connectivity index (χ0n) is 7.74. The van der Waals surface area contributed by atoms with E-state index >= 15 is 0 Å². The monoisotopic (exact) mass is 207 g/mol. The van der Waals surface area contributed by atoms with Gasteiger partial charge in [0.05, 0.1) is 5.69 Å². The molecule has 0 spiro atoms. The van der Waals surface area contributed by atoms with Crippen LogP contribution < -0.4 is 5.73 Å². The van der Waals surface area contributed by atoms with E-state index in [2.05, 4.69) is 5.10 Å². The third-order valence-electron chi connectivity index (χ3n) is 2.02. The van der Waals surface area contributed by atoms with Crippen molar-refractivity contribution in [3.63, 3.8) is 0 Å². The van der Waals surface area contributed by atoms with Gasteiger partial charge in [0, 0.05) is 17.3 Å². The number of nitrogens with two attached hydrogens (primary N) is 1. The highest BCUT2D eigenvalue weighted by Gasteiger charge is 2.02. The first kappa shape index (κ1) is 9.09. The summed E-state index contributed by atoms with van der Waals surface area (Å²) in [6.07, 6.45) is 1.82. The lowest BCUT2D eigenvalue weighted by molar-refractivity contribution is 0.878. The zero-order chi connectivity index (χ0) is 10.1. The van der Waals surface area contributed by atoms with Crippen molar-refractivity contribution in [3.05, 3.63) is 41.0 Å². The Morgan fingerprint density at radius 3 is 2.71 bits per heavy atom. The Labute approximate surface area is 87.1 Å². The molecule has 1 aromatic carbocycles. The van der Waals surface area contributed by atoms with Gasteiger partial charge in [-0.2, -0.15) is 5.10 Å². The largest absolute Gasteiger partial charge is 0.382 e. The zero-order valence-corrected chi connectivity index (χ0v) is 8.49. The minimum absolute atomic E-state index is 0.513. The Hall–Kier alpha value is -1.48. The Morgan fingerprint density at radius 2 is 2.14 bits per heavy atom. The topological polar surface area (TPSA) is 43.8 Å². The first-order valence-electron chi connectivity index (χ1n) is 4.24. The average molecular weight is 208 g/mol. The van der Waals surface area contributed by atoms with Crippen molar-refractivity contribution in [2.45, 2.75) is 6.92 Å². The Bertz CT molecular complexity index is 462. The number of nitrogens with zero attached hydrogens (tertiary/aromatic N) is 2. The van der Waals surface area contributed by atoms with Crippen LogP contribution in [-0.4, -0.2) is 9.78 Å². The van der Waals surface area contributed by atoms with E-state index in [0.29, 0.717) is 5.82 Å². The highest BCUT2D eigenvalue weighted by molar-refractivity contribution is 6.30. The van der Waals surface area contributed by atoms with Crippen molar-refractivity contribution >= 4 is 17.4 Å². The molecule has 0 fully saturated rings. The molecule has 0 aliphatic rings. The van der Waals surface area contributed by atoms with Crippen LogP contribution in [0.15, 0.2) is 30.5 Å². The van der Waals surface area contributed by atoms with Gasteiger partial charge in [0.2, 0.25) is 0 Å². The summed E-state index contributed by atoms with van der Waals surface area (Å²) in [5.74, 6) is 0.513. The predicted octanol–water partition coefficient (Wildman–Crippen LogP) is 2.42. The molecule has 0 saturated carbocycles. The maximum atomic E-state index is 5.86. The number of anilines is 1. The maximum Gasteiger partial charge on any atom is 0.145 e. The molecule has 3 nitrogen and oxygen atoms in total. The Balaban J connectivity index is 2.52. The van der Waals surface area contributed by atoms with Crippen LogP contribution in [-0.2, 0) is 0 Å². The summed E-state index contributed by atoms with van der Waals surface area (Å²) in [6, 6.07) is 7.41. The van der Waals surface area contributed by atoms with Crippen LogP contribution in [0.3, 0.4) is 0 Å². The summed E-state index contributed by atoms with van der Waals surface area (Å²) in [5, 5.41) is 4.85. The lowest BCUT2D eigenvalue weighted by atomic mass is 10.2. The molecule has 2 rings (SSSR count). The van der Waals surface area contributed by atoms with E-state index < -0.39 is 0 Å². The van der Waals surface area contributed by atoms with Crippen LogP contribution in [0.5, 0.6) is 0 Å². The normalized spacial score (nSPS) is 10.4. The van der Waals surface area contributed by atoms with Gasteiger partial charge >= 0.3 is 0 Å². The molecule has 0 atom stereocenters. The third kappa shape index (κ3) is 1.59. The molecule has 0 aliphatic carbocycles. The molecule has 14 heavy (non-hydrogen) atoms. The van der Waals surface area contributed by atoms with E-state index in [0.717, 1.165) is 16.3 Å². The van der Waals surface area contributed by atoms with Gasteiger partial charge < -0.3 is 5.73 Å². The summed E-state index contributed by atoms with van der Waals surface area (Å²) in [4.78, 5) is 0. The molecule has 0 saturated heterocycles. The highest BCUT2D eigenvalue weighted by atomic mass is 35.5. The van der Waals surface area contributed by atoms with E-state index in [-0.39, 0.29) is 0 Å². The van der Waals surface area contributed by atoms with Gasteiger partial charge in [0.15, 0.2) is 0 Å². The van der Waals surface area contributed by atoms with Gasteiger partial charge in [-0.05, 0) is 30.7 Å². The molecule has 4 heteroatoms.